The third-order valence-electron chi connectivity index (χ3n) is 3.33. The standard InChI is InChI=1S/C17H19N3O5S/c1-12(2)18-17(21)15-8-3-4-9-16(15)19-26(24,25)11-13-6-5-7-14(10-13)20(22)23/h3-10,12,19H,11H2,1-2H3,(H,18,21). The minimum atomic E-state index is -3.87. The lowest BCUT2D eigenvalue weighted by atomic mass is 10.1. The van der Waals surface area contributed by atoms with Crippen LogP contribution in [0.3, 0.4) is 0 Å². The summed E-state index contributed by atoms with van der Waals surface area (Å²) in [5, 5.41) is 13.5. The van der Waals surface area contributed by atoms with Gasteiger partial charge >= 0.3 is 0 Å². The Balaban J connectivity index is 2.23. The number of benzene rings is 2. The number of hydrogen-bond acceptors (Lipinski definition) is 5. The smallest absolute Gasteiger partial charge is 0.269 e. The molecule has 2 aromatic carbocycles. The van der Waals surface area contributed by atoms with Crippen LogP contribution >= 0.6 is 0 Å². The summed E-state index contributed by atoms with van der Waals surface area (Å²) in [5.74, 6) is -0.844. The summed E-state index contributed by atoms with van der Waals surface area (Å²) < 4.78 is 27.2. The van der Waals surface area contributed by atoms with Crippen LogP contribution in [0, 0.1) is 10.1 Å². The van der Waals surface area contributed by atoms with Gasteiger partial charge in [0.2, 0.25) is 10.0 Å². The highest BCUT2D eigenvalue weighted by Crippen LogP contribution is 2.20. The number of amides is 1. The van der Waals surface area contributed by atoms with Crippen molar-refractivity contribution in [2.75, 3.05) is 4.72 Å². The molecule has 0 saturated carbocycles. The van der Waals surface area contributed by atoms with E-state index in [0.717, 1.165) is 0 Å². The predicted octanol–water partition coefficient (Wildman–Crippen LogP) is 2.67. The van der Waals surface area contributed by atoms with E-state index in [9.17, 15) is 23.3 Å². The summed E-state index contributed by atoms with van der Waals surface area (Å²) in [5.41, 5.74) is 0.435. The van der Waals surface area contributed by atoms with Gasteiger partial charge in [-0.1, -0.05) is 24.3 Å². The van der Waals surface area contributed by atoms with Crippen LogP contribution in [-0.2, 0) is 15.8 Å². The van der Waals surface area contributed by atoms with Crippen molar-refractivity contribution >= 4 is 27.3 Å². The average molecular weight is 377 g/mol. The van der Waals surface area contributed by atoms with Crippen molar-refractivity contribution in [1.82, 2.24) is 5.32 Å². The zero-order valence-corrected chi connectivity index (χ0v) is 15.1. The molecule has 138 valence electrons. The fourth-order valence-electron chi connectivity index (χ4n) is 2.29. The van der Waals surface area contributed by atoms with E-state index in [1.807, 2.05) is 0 Å². The molecule has 0 saturated heterocycles. The van der Waals surface area contributed by atoms with E-state index in [2.05, 4.69) is 10.0 Å². The van der Waals surface area contributed by atoms with Crippen molar-refractivity contribution in [3.05, 3.63) is 69.8 Å². The van der Waals surface area contributed by atoms with Gasteiger partial charge in [0.05, 0.1) is 21.9 Å². The molecular weight excluding hydrogens is 358 g/mol. The molecule has 0 aromatic heterocycles. The number of nitro benzene ring substituents is 1. The van der Waals surface area contributed by atoms with E-state index in [0.29, 0.717) is 0 Å². The number of nitrogens with zero attached hydrogens (tertiary/aromatic N) is 1. The first kappa shape index (κ1) is 19.4. The summed E-state index contributed by atoms with van der Waals surface area (Å²) in [6.45, 7) is 3.60. The number of rotatable bonds is 7. The van der Waals surface area contributed by atoms with Crippen molar-refractivity contribution in [2.45, 2.75) is 25.6 Å². The molecule has 0 aliphatic heterocycles. The number of nitro groups is 1. The fourth-order valence-corrected chi connectivity index (χ4v) is 3.50. The van der Waals surface area contributed by atoms with Crippen LogP contribution in [0.5, 0.6) is 0 Å². The van der Waals surface area contributed by atoms with E-state index < -0.39 is 26.6 Å². The van der Waals surface area contributed by atoms with Crippen LogP contribution in [0.2, 0.25) is 0 Å². The highest BCUT2D eigenvalue weighted by atomic mass is 32.2. The highest BCUT2D eigenvalue weighted by molar-refractivity contribution is 7.91. The second kappa shape index (κ2) is 7.96. The lowest BCUT2D eigenvalue weighted by Gasteiger charge is -2.14. The maximum atomic E-state index is 12.4. The van der Waals surface area contributed by atoms with Gasteiger partial charge in [0.15, 0.2) is 0 Å². The highest BCUT2D eigenvalue weighted by Gasteiger charge is 2.18. The molecule has 0 heterocycles. The zero-order chi connectivity index (χ0) is 19.3. The van der Waals surface area contributed by atoms with Gasteiger partial charge in [0, 0.05) is 18.2 Å². The number of carbonyl (C=O) groups is 1. The maximum absolute atomic E-state index is 12.4. The Bertz CT molecular complexity index is 926. The Morgan fingerprint density at radius 2 is 1.85 bits per heavy atom. The van der Waals surface area contributed by atoms with Crippen molar-refractivity contribution in [2.24, 2.45) is 0 Å². The largest absolute Gasteiger partial charge is 0.350 e. The third kappa shape index (κ3) is 5.28. The maximum Gasteiger partial charge on any atom is 0.269 e. The minimum Gasteiger partial charge on any atom is -0.350 e. The molecule has 9 heteroatoms. The van der Waals surface area contributed by atoms with Crippen LogP contribution in [0.15, 0.2) is 48.5 Å². The summed E-state index contributed by atoms with van der Waals surface area (Å²) >= 11 is 0. The number of hydrogen-bond donors (Lipinski definition) is 2. The van der Waals surface area contributed by atoms with Crippen molar-refractivity contribution in [3.63, 3.8) is 0 Å². The van der Waals surface area contributed by atoms with Crippen LogP contribution in [0.1, 0.15) is 29.8 Å². The molecule has 8 nitrogen and oxygen atoms in total. The van der Waals surface area contributed by atoms with Crippen LogP contribution in [0.25, 0.3) is 0 Å². The molecule has 0 aliphatic rings. The van der Waals surface area contributed by atoms with Gasteiger partial charge in [0.25, 0.3) is 11.6 Å². The normalized spacial score (nSPS) is 11.2. The zero-order valence-electron chi connectivity index (χ0n) is 14.3. The number of carbonyl (C=O) groups excluding carboxylic acids is 1. The second-order valence-corrected chi connectivity index (χ2v) is 7.68. The van der Waals surface area contributed by atoms with E-state index >= 15 is 0 Å². The van der Waals surface area contributed by atoms with Crippen molar-refractivity contribution < 1.29 is 18.1 Å². The topological polar surface area (TPSA) is 118 Å². The van der Waals surface area contributed by atoms with Gasteiger partial charge < -0.3 is 5.32 Å². The molecular formula is C17H19N3O5S. The molecule has 0 unspecified atom stereocenters. The molecule has 2 rings (SSSR count). The first-order valence-electron chi connectivity index (χ1n) is 7.81. The monoisotopic (exact) mass is 377 g/mol. The quantitative estimate of drug-likeness (QED) is 0.568. The van der Waals surface area contributed by atoms with E-state index in [1.165, 1.54) is 36.4 Å². The molecule has 0 atom stereocenters. The minimum absolute atomic E-state index is 0.1000. The fraction of sp³-hybridized carbons (Fsp3) is 0.235. The van der Waals surface area contributed by atoms with E-state index in [4.69, 9.17) is 0 Å². The number of para-hydroxylation sites is 1. The Hall–Kier alpha value is -2.94. The molecule has 1 amide bonds. The lowest BCUT2D eigenvalue weighted by Crippen LogP contribution is -2.31. The van der Waals surface area contributed by atoms with Gasteiger partial charge in [-0.15, -0.1) is 0 Å². The SMILES string of the molecule is CC(C)NC(=O)c1ccccc1NS(=O)(=O)Cc1cccc([N+](=O)[O-])c1. The summed E-state index contributed by atoms with van der Waals surface area (Å²) in [6, 6.07) is 11.5. The molecule has 0 fully saturated rings. The lowest BCUT2D eigenvalue weighted by molar-refractivity contribution is -0.384. The molecule has 2 aromatic rings. The first-order valence-corrected chi connectivity index (χ1v) is 9.47. The molecule has 0 bridgehead atoms. The van der Waals surface area contributed by atoms with Crippen LogP contribution in [-0.4, -0.2) is 25.3 Å². The van der Waals surface area contributed by atoms with Gasteiger partial charge in [-0.2, -0.15) is 0 Å². The summed E-state index contributed by atoms with van der Waals surface area (Å²) in [7, 11) is -3.87. The first-order chi connectivity index (χ1) is 12.2. The molecule has 0 aliphatic carbocycles. The number of nitrogens with one attached hydrogen (secondary N) is 2. The number of anilines is 1. The Morgan fingerprint density at radius 1 is 1.15 bits per heavy atom. The Morgan fingerprint density at radius 3 is 2.50 bits per heavy atom. The molecule has 0 radical (unpaired) electrons. The average Bonchev–Trinajstić information content (AvgIpc) is 2.54. The van der Waals surface area contributed by atoms with Crippen molar-refractivity contribution in [3.8, 4) is 0 Å². The Labute approximate surface area is 151 Å². The summed E-state index contributed by atoms with van der Waals surface area (Å²) in [4.78, 5) is 22.4. The predicted molar refractivity (Wildman–Crippen MR) is 98.4 cm³/mol. The molecule has 0 spiro atoms. The number of sulfonamides is 1. The van der Waals surface area contributed by atoms with Gasteiger partial charge in [-0.05, 0) is 31.5 Å². The second-order valence-electron chi connectivity index (χ2n) is 5.96. The van der Waals surface area contributed by atoms with Gasteiger partial charge in [-0.3, -0.25) is 19.6 Å². The summed E-state index contributed by atoms with van der Waals surface area (Å²) in [6.07, 6.45) is 0. The number of non-ortho nitro benzene ring substituents is 1. The molecule has 26 heavy (non-hydrogen) atoms. The van der Waals surface area contributed by atoms with Crippen LogP contribution < -0.4 is 10.0 Å². The Kier molecular flexibility index (Phi) is 5.93. The van der Waals surface area contributed by atoms with E-state index in [1.54, 1.807) is 26.0 Å². The molecule has 2 N–H and O–H groups in total. The van der Waals surface area contributed by atoms with Gasteiger partial charge in [0.1, 0.15) is 0 Å². The third-order valence-corrected chi connectivity index (χ3v) is 4.58. The van der Waals surface area contributed by atoms with E-state index in [-0.39, 0.29) is 28.5 Å². The van der Waals surface area contributed by atoms with Crippen molar-refractivity contribution in [1.29, 1.82) is 0 Å². The van der Waals surface area contributed by atoms with Gasteiger partial charge in [-0.25, -0.2) is 8.42 Å². The van der Waals surface area contributed by atoms with Crippen LogP contribution in [0.4, 0.5) is 11.4 Å².